The summed E-state index contributed by atoms with van der Waals surface area (Å²) in [4.78, 5) is 0. The molecule has 0 saturated heterocycles. The Balaban J connectivity index is 2.14. The Morgan fingerprint density at radius 2 is 2.14 bits per heavy atom. The van der Waals surface area contributed by atoms with Crippen molar-refractivity contribution < 1.29 is 14.0 Å². The summed E-state index contributed by atoms with van der Waals surface area (Å²) in [6, 6.07) is 5.61. The number of aryl methyl sites for hydroxylation is 1. The molecule has 6 heteroatoms. The van der Waals surface area contributed by atoms with Crippen molar-refractivity contribution in [3.8, 4) is 11.5 Å². The van der Waals surface area contributed by atoms with Crippen LogP contribution < -0.4 is 14.8 Å². The number of aromatic nitrogens is 1. The molecule has 0 unspecified atom stereocenters. The van der Waals surface area contributed by atoms with Crippen molar-refractivity contribution in [1.29, 1.82) is 0 Å². The van der Waals surface area contributed by atoms with E-state index in [1.807, 2.05) is 25.1 Å². The van der Waals surface area contributed by atoms with Gasteiger partial charge in [0.2, 0.25) is 0 Å². The molecule has 0 radical (unpaired) electrons. The third-order valence-electron chi connectivity index (χ3n) is 2.91. The number of nitrogens with zero attached hydrogens (tertiary/aromatic N) is 1. The molecule has 1 heterocycles. The van der Waals surface area contributed by atoms with Crippen LogP contribution in [-0.2, 0) is 13.2 Å². The van der Waals surface area contributed by atoms with E-state index in [2.05, 4.69) is 17.4 Å². The van der Waals surface area contributed by atoms with Crippen LogP contribution in [0.25, 0.3) is 0 Å². The molecule has 0 aliphatic rings. The Bertz CT molecular complexity index is 599. The summed E-state index contributed by atoms with van der Waals surface area (Å²) in [5.74, 6) is 1.86. The Labute approximate surface area is 129 Å². The van der Waals surface area contributed by atoms with E-state index in [4.69, 9.17) is 25.6 Å². The molecule has 21 heavy (non-hydrogen) atoms. The van der Waals surface area contributed by atoms with E-state index in [1.165, 1.54) is 0 Å². The second kappa shape index (κ2) is 7.33. The van der Waals surface area contributed by atoms with Crippen LogP contribution in [0.4, 0.5) is 0 Å². The number of benzene rings is 1. The molecule has 0 saturated carbocycles. The largest absolute Gasteiger partial charge is 0.493 e. The topological polar surface area (TPSA) is 56.5 Å². The zero-order valence-corrected chi connectivity index (χ0v) is 13.2. The summed E-state index contributed by atoms with van der Waals surface area (Å²) in [6.07, 6.45) is 0. The second-order valence-electron chi connectivity index (χ2n) is 4.61. The molecular weight excluding hydrogens is 292 g/mol. The summed E-state index contributed by atoms with van der Waals surface area (Å²) in [7, 11) is 1.59. The van der Waals surface area contributed by atoms with E-state index in [0.29, 0.717) is 22.2 Å². The number of nitrogens with one attached hydrogen (secondary N) is 1. The fourth-order valence-electron chi connectivity index (χ4n) is 1.92. The van der Waals surface area contributed by atoms with Gasteiger partial charge in [-0.1, -0.05) is 23.7 Å². The lowest BCUT2D eigenvalue weighted by Crippen LogP contribution is -2.12. The van der Waals surface area contributed by atoms with Crippen LogP contribution in [0.2, 0.25) is 5.02 Å². The summed E-state index contributed by atoms with van der Waals surface area (Å²) >= 11 is 6.29. The van der Waals surface area contributed by atoms with E-state index < -0.39 is 0 Å². The number of hydrogen-bond donors (Lipinski definition) is 1. The van der Waals surface area contributed by atoms with Crippen LogP contribution in [0.1, 0.15) is 23.9 Å². The fraction of sp³-hybridized carbons (Fsp3) is 0.400. The van der Waals surface area contributed by atoms with Crippen molar-refractivity contribution in [3.05, 3.63) is 40.2 Å². The zero-order valence-electron chi connectivity index (χ0n) is 12.4. The molecule has 5 nitrogen and oxygen atoms in total. The summed E-state index contributed by atoms with van der Waals surface area (Å²) in [5, 5.41) is 7.64. The van der Waals surface area contributed by atoms with Gasteiger partial charge in [-0.25, -0.2) is 0 Å². The van der Waals surface area contributed by atoms with Crippen molar-refractivity contribution in [1.82, 2.24) is 10.5 Å². The molecule has 0 aliphatic carbocycles. The van der Waals surface area contributed by atoms with Crippen LogP contribution in [0.5, 0.6) is 11.5 Å². The van der Waals surface area contributed by atoms with Crippen molar-refractivity contribution in [2.24, 2.45) is 0 Å². The SMILES string of the molecule is CCNCc1cc(Cl)c(OCc2cc(C)on2)c(OC)c1. The van der Waals surface area contributed by atoms with Gasteiger partial charge in [-0.2, -0.15) is 0 Å². The molecule has 2 rings (SSSR count). The van der Waals surface area contributed by atoms with Gasteiger partial charge >= 0.3 is 0 Å². The minimum absolute atomic E-state index is 0.278. The summed E-state index contributed by atoms with van der Waals surface area (Å²) in [5.41, 5.74) is 1.76. The maximum absolute atomic E-state index is 6.29. The number of halogens is 1. The first-order valence-electron chi connectivity index (χ1n) is 6.76. The molecule has 0 fully saturated rings. The van der Waals surface area contributed by atoms with Crippen LogP contribution >= 0.6 is 11.6 Å². The highest BCUT2D eigenvalue weighted by Gasteiger charge is 2.13. The van der Waals surface area contributed by atoms with Crippen molar-refractivity contribution >= 4 is 11.6 Å². The predicted octanol–water partition coefficient (Wildman–Crippen LogP) is 3.33. The van der Waals surface area contributed by atoms with Crippen LogP contribution in [0.15, 0.2) is 22.7 Å². The van der Waals surface area contributed by atoms with E-state index in [9.17, 15) is 0 Å². The molecule has 0 spiro atoms. The molecule has 1 N–H and O–H groups in total. The standard InChI is InChI=1S/C15H19ClN2O3/c1-4-17-8-11-6-13(16)15(14(7-11)19-3)20-9-12-5-10(2)21-18-12/h5-7,17H,4,8-9H2,1-3H3. The van der Waals surface area contributed by atoms with Gasteiger partial charge in [0, 0.05) is 12.6 Å². The van der Waals surface area contributed by atoms with Crippen LogP contribution in [-0.4, -0.2) is 18.8 Å². The number of hydrogen-bond acceptors (Lipinski definition) is 5. The number of ether oxygens (including phenoxy) is 2. The Kier molecular flexibility index (Phi) is 5.47. The van der Waals surface area contributed by atoms with Crippen molar-refractivity contribution in [3.63, 3.8) is 0 Å². The van der Waals surface area contributed by atoms with Gasteiger partial charge in [-0.05, 0) is 31.2 Å². The van der Waals surface area contributed by atoms with Gasteiger partial charge in [-0.3, -0.25) is 0 Å². The van der Waals surface area contributed by atoms with Gasteiger partial charge in [0.25, 0.3) is 0 Å². The minimum Gasteiger partial charge on any atom is -0.493 e. The first-order valence-corrected chi connectivity index (χ1v) is 7.14. The van der Waals surface area contributed by atoms with Crippen molar-refractivity contribution in [2.75, 3.05) is 13.7 Å². The lowest BCUT2D eigenvalue weighted by Gasteiger charge is -2.13. The lowest BCUT2D eigenvalue weighted by molar-refractivity contribution is 0.271. The summed E-state index contributed by atoms with van der Waals surface area (Å²) in [6.45, 7) is 5.79. The van der Waals surface area contributed by atoms with Gasteiger partial charge in [0.1, 0.15) is 18.1 Å². The highest BCUT2D eigenvalue weighted by Crippen LogP contribution is 2.36. The first kappa shape index (κ1) is 15.7. The normalized spacial score (nSPS) is 10.7. The molecular formula is C15H19ClN2O3. The third kappa shape index (κ3) is 4.12. The van der Waals surface area contributed by atoms with E-state index in [1.54, 1.807) is 7.11 Å². The highest BCUT2D eigenvalue weighted by atomic mass is 35.5. The quantitative estimate of drug-likeness (QED) is 0.850. The molecule has 0 amide bonds. The van der Waals surface area contributed by atoms with E-state index >= 15 is 0 Å². The predicted molar refractivity (Wildman–Crippen MR) is 81.0 cm³/mol. The van der Waals surface area contributed by atoms with E-state index in [0.717, 1.165) is 24.4 Å². The Morgan fingerprint density at radius 1 is 1.33 bits per heavy atom. The van der Waals surface area contributed by atoms with Crippen molar-refractivity contribution in [2.45, 2.75) is 27.0 Å². The number of rotatable bonds is 7. The molecule has 1 aromatic heterocycles. The Hall–Kier alpha value is -1.72. The average molecular weight is 311 g/mol. The molecule has 0 atom stereocenters. The second-order valence-corrected chi connectivity index (χ2v) is 5.01. The van der Waals surface area contributed by atoms with Gasteiger partial charge in [-0.15, -0.1) is 0 Å². The van der Waals surface area contributed by atoms with Gasteiger partial charge in [0.05, 0.1) is 12.1 Å². The fourth-order valence-corrected chi connectivity index (χ4v) is 2.20. The lowest BCUT2D eigenvalue weighted by atomic mass is 10.2. The maximum atomic E-state index is 6.29. The number of methoxy groups -OCH3 is 1. The van der Waals surface area contributed by atoms with E-state index in [-0.39, 0.29) is 6.61 Å². The maximum Gasteiger partial charge on any atom is 0.180 e. The smallest absolute Gasteiger partial charge is 0.180 e. The zero-order chi connectivity index (χ0) is 15.2. The molecule has 114 valence electrons. The van der Waals surface area contributed by atoms with Crippen LogP contribution in [0.3, 0.4) is 0 Å². The molecule has 2 aromatic rings. The highest BCUT2D eigenvalue weighted by molar-refractivity contribution is 6.32. The first-order chi connectivity index (χ1) is 10.1. The molecule has 0 aliphatic heterocycles. The van der Waals surface area contributed by atoms with Crippen LogP contribution in [0, 0.1) is 6.92 Å². The summed E-state index contributed by atoms with van der Waals surface area (Å²) < 4.78 is 16.1. The molecule has 1 aromatic carbocycles. The third-order valence-corrected chi connectivity index (χ3v) is 3.19. The Morgan fingerprint density at radius 3 is 2.76 bits per heavy atom. The van der Waals surface area contributed by atoms with Gasteiger partial charge in [0.15, 0.2) is 11.5 Å². The minimum atomic E-state index is 0.278. The van der Waals surface area contributed by atoms with Gasteiger partial charge < -0.3 is 19.3 Å². The molecule has 0 bridgehead atoms. The average Bonchev–Trinajstić information content (AvgIpc) is 2.89. The monoisotopic (exact) mass is 310 g/mol.